The Morgan fingerprint density at radius 3 is 2.65 bits per heavy atom. The Bertz CT molecular complexity index is 491. The van der Waals surface area contributed by atoms with Crippen LogP contribution in [0.1, 0.15) is 29.6 Å². The molecule has 0 aromatic heterocycles. The van der Waals surface area contributed by atoms with Crippen LogP contribution in [0.3, 0.4) is 0 Å². The predicted molar refractivity (Wildman–Crippen MR) is 72.7 cm³/mol. The van der Waals surface area contributed by atoms with Gasteiger partial charge in [-0.2, -0.15) is 0 Å². The molecule has 0 amide bonds. The first-order valence-corrected chi connectivity index (χ1v) is 5.63. The Morgan fingerprint density at radius 1 is 1.40 bits per heavy atom. The third kappa shape index (κ3) is 5.66. The lowest BCUT2D eigenvalue weighted by molar-refractivity contribution is -0.385. The molecule has 110 valence electrons. The van der Waals surface area contributed by atoms with Crippen molar-refractivity contribution < 1.29 is 24.4 Å². The molecule has 20 heavy (non-hydrogen) atoms. The molecule has 0 spiro atoms. The van der Waals surface area contributed by atoms with Gasteiger partial charge in [0.15, 0.2) is 6.29 Å². The van der Waals surface area contributed by atoms with Gasteiger partial charge in [0.05, 0.1) is 23.2 Å². The number of carbonyl (C=O) groups excluding carboxylic acids is 1. The molecule has 8 heteroatoms. The van der Waals surface area contributed by atoms with Gasteiger partial charge < -0.3 is 9.84 Å². The Labute approximate surface area is 121 Å². The number of carboxylic acids is 1. The quantitative estimate of drug-likeness (QED) is 0.342. The predicted octanol–water partition coefficient (Wildman–Crippen LogP) is 2.46. The highest BCUT2D eigenvalue weighted by molar-refractivity contribution is 5.85. The number of benzene rings is 1. The average molecular weight is 304 g/mol. The van der Waals surface area contributed by atoms with Crippen molar-refractivity contribution in [3.8, 4) is 5.75 Å². The number of carboxylic acid groups (broad SMARTS) is 1. The Balaban J connectivity index is 0.00000361. The van der Waals surface area contributed by atoms with Crippen LogP contribution in [0.5, 0.6) is 5.75 Å². The van der Waals surface area contributed by atoms with Crippen LogP contribution in [0, 0.1) is 10.1 Å². The zero-order valence-corrected chi connectivity index (χ0v) is 11.3. The zero-order chi connectivity index (χ0) is 14.3. The van der Waals surface area contributed by atoms with Crippen LogP contribution >= 0.6 is 12.4 Å². The molecule has 0 saturated heterocycles. The van der Waals surface area contributed by atoms with E-state index in [2.05, 4.69) is 0 Å². The Morgan fingerprint density at radius 2 is 2.10 bits per heavy atom. The molecule has 1 aromatic carbocycles. The topological polar surface area (TPSA) is 107 Å². The van der Waals surface area contributed by atoms with Crippen molar-refractivity contribution in [3.05, 3.63) is 33.9 Å². The van der Waals surface area contributed by atoms with Gasteiger partial charge in [-0.1, -0.05) is 0 Å². The standard InChI is InChI=1S/C12H13NO6.ClH/c14-8-9-4-5-10(7-11(9)13(17)18)19-6-2-1-3-12(15)16;/h4-5,7-8H,1-3,6H2,(H,15,16);1H. The molecule has 1 aromatic rings. The zero-order valence-electron chi connectivity index (χ0n) is 10.5. The molecule has 0 aliphatic heterocycles. The van der Waals surface area contributed by atoms with Crippen LogP contribution in [-0.2, 0) is 4.79 Å². The normalized spacial score (nSPS) is 9.40. The van der Waals surface area contributed by atoms with E-state index >= 15 is 0 Å². The van der Waals surface area contributed by atoms with E-state index in [0.717, 1.165) is 0 Å². The van der Waals surface area contributed by atoms with Crippen LogP contribution in [0.25, 0.3) is 0 Å². The molecule has 0 aliphatic rings. The number of nitrogens with zero attached hydrogens (tertiary/aromatic N) is 1. The van der Waals surface area contributed by atoms with Gasteiger partial charge in [0.2, 0.25) is 0 Å². The van der Waals surface area contributed by atoms with Gasteiger partial charge in [0.25, 0.3) is 5.69 Å². The van der Waals surface area contributed by atoms with E-state index in [1.54, 1.807) is 0 Å². The fourth-order valence-corrected chi connectivity index (χ4v) is 1.44. The summed E-state index contributed by atoms with van der Waals surface area (Å²) in [6, 6.07) is 3.96. The molecular weight excluding hydrogens is 290 g/mol. The summed E-state index contributed by atoms with van der Waals surface area (Å²) >= 11 is 0. The number of unbranched alkanes of at least 4 members (excludes halogenated alkanes) is 1. The number of rotatable bonds is 8. The first-order chi connectivity index (χ1) is 9.04. The number of hydrogen-bond acceptors (Lipinski definition) is 5. The van der Waals surface area contributed by atoms with Gasteiger partial charge >= 0.3 is 5.97 Å². The number of aliphatic carboxylic acids is 1. The number of nitro groups is 1. The van der Waals surface area contributed by atoms with Gasteiger partial charge in [0, 0.05) is 6.42 Å². The average Bonchev–Trinajstić information content (AvgIpc) is 2.37. The molecule has 0 unspecified atom stereocenters. The summed E-state index contributed by atoms with van der Waals surface area (Å²) in [4.78, 5) is 30.9. The summed E-state index contributed by atoms with van der Waals surface area (Å²) in [6.07, 6.45) is 1.49. The summed E-state index contributed by atoms with van der Waals surface area (Å²) in [5, 5.41) is 19.1. The highest BCUT2D eigenvalue weighted by Crippen LogP contribution is 2.23. The molecule has 0 saturated carbocycles. The van der Waals surface area contributed by atoms with E-state index in [9.17, 15) is 19.7 Å². The van der Waals surface area contributed by atoms with Crippen molar-refractivity contribution in [3.63, 3.8) is 0 Å². The second kappa shape index (κ2) is 8.87. The van der Waals surface area contributed by atoms with Crippen LogP contribution in [0.15, 0.2) is 18.2 Å². The van der Waals surface area contributed by atoms with Gasteiger partial charge in [-0.15, -0.1) is 12.4 Å². The second-order valence-corrected chi connectivity index (χ2v) is 3.79. The van der Waals surface area contributed by atoms with Crippen molar-refractivity contribution >= 4 is 30.3 Å². The van der Waals surface area contributed by atoms with Crippen LogP contribution in [0.4, 0.5) is 5.69 Å². The van der Waals surface area contributed by atoms with Crippen molar-refractivity contribution in [2.24, 2.45) is 0 Å². The summed E-state index contributed by atoms with van der Waals surface area (Å²) in [5.74, 6) is -0.585. The third-order valence-electron chi connectivity index (χ3n) is 2.38. The number of ether oxygens (including phenoxy) is 1. The van der Waals surface area contributed by atoms with E-state index in [0.29, 0.717) is 19.1 Å². The lowest BCUT2D eigenvalue weighted by Gasteiger charge is -2.06. The van der Waals surface area contributed by atoms with E-state index in [4.69, 9.17) is 9.84 Å². The molecule has 0 atom stereocenters. The highest BCUT2D eigenvalue weighted by atomic mass is 35.5. The van der Waals surface area contributed by atoms with Crippen LogP contribution in [-0.4, -0.2) is 28.9 Å². The van der Waals surface area contributed by atoms with Crippen LogP contribution in [0.2, 0.25) is 0 Å². The molecule has 1 rings (SSSR count). The monoisotopic (exact) mass is 303 g/mol. The largest absolute Gasteiger partial charge is 0.493 e. The first-order valence-electron chi connectivity index (χ1n) is 5.63. The summed E-state index contributed by atoms with van der Waals surface area (Å²) in [7, 11) is 0. The molecular formula is C12H14ClNO6. The van der Waals surface area contributed by atoms with Crippen LogP contribution < -0.4 is 4.74 Å². The molecule has 0 aliphatic carbocycles. The maximum atomic E-state index is 10.7. The van der Waals surface area contributed by atoms with Crippen molar-refractivity contribution in [2.45, 2.75) is 19.3 Å². The number of halogens is 1. The SMILES string of the molecule is Cl.O=Cc1ccc(OCCCCC(=O)O)cc1[N+](=O)[O-]. The minimum absolute atomic E-state index is 0. The molecule has 0 bridgehead atoms. The summed E-state index contributed by atoms with van der Waals surface area (Å²) in [6.45, 7) is 0.269. The van der Waals surface area contributed by atoms with Crippen molar-refractivity contribution in [1.29, 1.82) is 0 Å². The van der Waals surface area contributed by atoms with E-state index in [-0.39, 0.29) is 42.4 Å². The van der Waals surface area contributed by atoms with Gasteiger partial charge in [-0.3, -0.25) is 19.7 Å². The van der Waals surface area contributed by atoms with Crippen molar-refractivity contribution in [2.75, 3.05) is 6.61 Å². The number of carbonyl (C=O) groups is 2. The van der Waals surface area contributed by atoms with E-state index < -0.39 is 10.9 Å². The van der Waals surface area contributed by atoms with Gasteiger partial charge in [0.1, 0.15) is 5.75 Å². The maximum Gasteiger partial charge on any atom is 0.303 e. The third-order valence-corrected chi connectivity index (χ3v) is 2.38. The number of nitro benzene ring substituents is 1. The minimum atomic E-state index is -0.869. The minimum Gasteiger partial charge on any atom is -0.493 e. The van der Waals surface area contributed by atoms with E-state index in [1.165, 1.54) is 18.2 Å². The Hall–Kier alpha value is -2.15. The van der Waals surface area contributed by atoms with Gasteiger partial charge in [-0.05, 0) is 25.0 Å². The first kappa shape index (κ1) is 17.8. The smallest absolute Gasteiger partial charge is 0.303 e. The molecule has 7 nitrogen and oxygen atoms in total. The maximum absolute atomic E-state index is 10.7. The number of aldehydes is 1. The molecule has 0 heterocycles. The Kier molecular flexibility index (Phi) is 7.91. The lowest BCUT2D eigenvalue weighted by atomic mass is 10.2. The molecule has 0 radical (unpaired) electrons. The summed E-state index contributed by atoms with van der Waals surface area (Å²) < 4.78 is 5.26. The lowest BCUT2D eigenvalue weighted by Crippen LogP contribution is -2.01. The fourth-order valence-electron chi connectivity index (χ4n) is 1.44. The second-order valence-electron chi connectivity index (χ2n) is 3.79. The highest BCUT2D eigenvalue weighted by Gasteiger charge is 2.14. The molecule has 1 N–H and O–H groups in total. The molecule has 0 fully saturated rings. The number of hydrogen-bond donors (Lipinski definition) is 1. The summed E-state index contributed by atoms with van der Waals surface area (Å²) in [5.41, 5.74) is -0.318. The van der Waals surface area contributed by atoms with E-state index in [1.807, 2.05) is 0 Å². The van der Waals surface area contributed by atoms with Crippen molar-refractivity contribution in [1.82, 2.24) is 0 Å². The van der Waals surface area contributed by atoms with Gasteiger partial charge in [-0.25, -0.2) is 0 Å². The fraction of sp³-hybridized carbons (Fsp3) is 0.333.